The molecular formula is C18H25FN2O3. The smallest absolute Gasteiger partial charge is 0.225 e. The van der Waals surface area contributed by atoms with E-state index < -0.39 is 6.10 Å². The number of halogens is 1. The predicted octanol–water partition coefficient (Wildman–Crippen LogP) is 1.48. The predicted molar refractivity (Wildman–Crippen MR) is 87.9 cm³/mol. The highest BCUT2D eigenvalue weighted by Crippen LogP contribution is 2.31. The van der Waals surface area contributed by atoms with Crippen LogP contribution in [0.4, 0.5) is 4.39 Å². The number of hydrogen-bond acceptors (Lipinski definition) is 4. The lowest BCUT2D eigenvalue weighted by atomic mass is 9.87. The molecule has 0 aliphatic carbocycles. The highest BCUT2D eigenvalue weighted by atomic mass is 19.1. The van der Waals surface area contributed by atoms with Crippen LogP contribution < -0.4 is 5.32 Å². The van der Waals surface area contributed by atoms with Gasteiger partial charge in [-0.05, 0) is 36.5 Å². The molecule has 1 aromatic carbocycles. The molecule has 5 nitrogen and oxygen atoms in total. The molecule has 0 radical (unpaired) electrons. The number of nitrogens with zero attached hydrogens (tertiary/aromatic N) is 1. The number of aliphatic hydroxyl groups excluding tert-OH is 1. The maximum absolute atomic E-state index is 13.0. The lowest BCUT2D eigenvalue weighted by Gasteiger charge is -2.35. The van der Waals surface area contributed by atoms with Crippen LogP contribution in [0.1, 0.15) is 30.9 Å². The number of benzene rings is 1. The molecule has 2 aliphatic heterocycles. The average Bonchev–Trinajstić information content (AvgIpc) is 2.63. The molecule has 0 aromatic heterocycles. The molecule has 3 rings (SSSR count). The van der Waals surface area contributed by atoms with Crippen molar-refractivity contribution in [2.24, 2.45) is 5.92 Å². The van der Waals surface area contributed by atoms with Crippen molar-refractivity contribution in [3.8, 4) is 0 Å². The van der Waals surface area contributed by atoms with Gasteiger partial charge in [-0.25, -0.2) is 4.39 Å². The van der Waals surface area contributed by atoms with Gasteiger partial charge in [0.25, 0.3) is 0 Å². The van der Waals surface area contributed by atoms with Crippen molar-refractivity contribution in [3.05, 3.63) is 35.6 Å². The third kappa shape index (κ3) is 4.32. The minimum Gasteiger partial charge on any atom is -0.388 e. The highest BCUT2D eigenvalue weighted by Gasteiger charge is 2.29. The number of carbonyl (C=O) groups excluding carboxylic acids is 1. The first-order valence-corrected chi connectivity index (χ1v) is 8.67. The van der Waals surface area contributed by atoms with Crippen molar-refractivity contribution in [2.75, 3.05) is 32.8 Å². The van der Waals surface area contributed by atoms with Gasteiger partial charge in [-0.3, -0.25) is 4.79 Å². The molecule has 2 heterocycles. The normalized spacial score (nSPS) is 23.9. The fourth-order valence-corrected chi connectivity index (χ4v) is 3.47. The summed E-state index contributed by atoms with van der Waals surface area (Å²) in [6, 6.07) is 6.00. The Labute approximate surface area is 141 Å². The number of morpholine rings is 1. The van der Waals surface area contributed by atoms with E-state index in [0.29, 0.717) is 26.1 Å². The average molecular weight is 336 g/mol. The van der Waals surface area contributed by atoms with Gasteiger partial charge in [-0.1, -0.05) is 12.1 Å². The summed E-state index contributed by atoms with van der Waals surface area (Å²) in [5.41, 5.74) is 0.739. The van der Waals surface area contributed by atoms with Crippen LogP contribution in [0.3, 0.4) is 0 Å². The topological polar surface area (TPSA) is 61.8 Å². The van der Waals surface area contributed by atoms with E-state index in [0.717, 1.165) is 31.5 Å². The molecule has 24 heavy (non-hydrogen) atoms. The van der Waals surface area contributed by atoms with E-state index in [2.05, 4.69) is 5.32 Å². The molecule has 1 amide bonds. The minimum absolute atomic E-state index is 0.0335. The van der Waals surface area contributed by atoms with Crippen LogP contribution in [0, 0.1) is 11.7 Å². The first kappa shape index (κ1) is 17.3. The fraction of sp³-hybridized carbons (Fsp3) is 0.611. The Morgan fingerprint density at radius 3 is 2.67 bits per heavy atom. The van der Waals surface area contributed by atoms with Crippen LogP contribution in [-0.4, -0.2) is 54.8 Å². The molecule has 6 heteroatoms. The molecule has 2 unspecified atom stereocenters. The van der Waals surface area contributed by atoms with Gasteiger partial charge in [-0.15, -0.1) is 0 Å². The van der Waals surface area contributed by atoms with Gasteiger partial charge in [-0.2, -0.15) is 0 Å². The van der Waals surface area contributed by atoms with Gasteiger partial charge in [0.2, 0.25) is 5.91 Å². The Balaban J connectivity index is 1.47. The Bertz CT molecular complexity index is 538. The minimum atomic E-state index is -0.603. The van der Waals surface area contributed by atoms with E-state index in [1.807, 2.05) is 4.90 Å². The standard InChI is InChI=1S/C18H25FN2O3/c19-15-3-1-13(2-4-15)18(23)14-5-8-21(9-6-14)17(22)11-16-12-20-7-10-24-16/h1-4,14,16,18,20,23H,5-12H2. The maximum atomic E-state index is 13.0. The molecule has 0 spiro atoms. The zero-order chi connectivity index (χ0) is 16.9. The summed E-state index contributed by atoms with van der Waals surface area (Å²) in [6.45, 7) is 3.54. The Morgan fingerprint density at radius 2 is 2.04 bits per heavy atom. The summed E-state index contributed by atoms with van der Waals surface area (Å²) in [7, 11) is 0. The molecular weight excluding hydrogens is 311 g/mol. The van der Waals surface area contributed by atoms with Crippen LogP contribution >= 0.6 is 0 Å². The number of carbonyl (C=O) groups is 1. The number of ether oxygens (including phenoxy) is 1. The molecule has 2 atom stereocenters. The van der Waals surface area contributed by atoms with Gasteiger partial charge < -0.3 is 20.1 Å². The number of piperidine rings is 1. The SMILES string of the molecule is O=C(CC1CNCCO1)N1CCC(C(O)c2ccc(F)cc2)CC1. The van der Waals surface area contributed by atoms with E-state index in [-0.39, 0.29) is 23.7 Å². The molecule has 132 valence electrons. The second kappa shape index (κ2) is 8.05. The van der Waals surface area contributed by atoms with E-state index >= 15 is 0 Å². The number of nitrogens with one attached hydrogen (secondary N) is 1. The van der Waals surface area contributed by atoms with E-state index in [4.69, 9.17) is 4.74 Å². The number of hydrogen-bond donors (Lipinski definition) is 2. The van der Waals surface area contributed by atoms with Gasteiger partial charge in [0.15, 0.2) is 0 Å². The van der Waals surface area contributed by atoms with Crippen LogP contribution in [0.2, 0.25) is 0 Å². The molecule has 2 N–H and O–H groups in total. The molecule has 1 aromatic rings. The second-order valence-corrected chi connectivity index (χ2v) is 6.62. The third-order valence-corrected chi connectivity index (χ3v) is 4.96. The number of likely N-dealkylation sites (tertiary alicyclic amines) is 1. The van der Waals surface area contributed by atoms with Crippen molar-refractivity contribution in [2.45, 2.75) is 31.5 Å². The lowest BCUT2D eigenvalue weighted by Crippen LogP contribution is -2.45. The zero-order valence-electron chi connectivity index (χ0n) is 13.8. The van der Waals surface area contributed by atoms with E-state index in [1.165, 1.54) is 12.1 Å². The van der Waals surface area contributed by atoms with E-state index in [1.54, 1.807) is 12.1 Å². The Hall–Kier alpha value is -1.50. The second-order valence-electron chi connectivity index (χ2n) is 6.62. The van der Waals surface area contributed by atoms with E-state index in [9.17, 15) is 14.3 Å². The van der Waals surface area contributed by atoms with Crippen molar-refractivity contribution in [1.82, 2.24) is 10.2 Å². The lowest BCUT2D eigenvalue weighted by molar-refractivity contribution is -0.136. The van der Waals surface area contributed by atoms with Crippen molar-refractivity contribution in [1.29, 1.82) is 0 Å². The van der Waals surface area contributed by atoms with Crippen LogP contribution in [0.5, 0.6) is 0 Å². The van der Waals surface area contributed by atoms with Crippen LogP contribution in [0.25, 0.3) is 0 Å². The van der Waals surface area contributed by atoms with Gasteiger partial charge in [0.05, 0.1) is 25.2 Å². The third-order valence-electron chi connectivity index (χ3n) is 4.96. The monoisotopic (exact) mass is 336 g/mol. The summed E-state index contributed by atoms with van der Waals surface area (Å²) in [6.07, 6.45) is 1.29. The number of rotatable bonds is 4. The maximum Gasteiger partial charge on any atom is 0.225 e. The fourth-order valence-electron chi connectivity index (χ4n) is 3.47. The quantitative estimate of drug-likeness (QED) is 0.874. The van der Waals surface area contributed by atoms with Crippen molar-refractivity contribution < 1.29 is 19.0 Å². The summed E-state index contributed by atoms with van der Waals surface area (Å²) in [5.74, 6) is -0.0729. The van der Waals surface area contributed by atoms with Gasteiger partial charge >= 0.3 is 0 Å². The molecule has 2 saturated heterocycles. The largest absolute Gasteiger partial charge is 0.388 e. The molecule has 0 bridgehead atoms. The summed E-state index contributed by atoms with van der Waals surface area (Å²) in [5, 5.41) is 13.7. The Morgan fingerprint density at radius 1 is 1.33 bits per heavy atom. The molecule has 2 fully saturated rings. The highest BCUT2D eigenvalue weighted by molar-refractivity contribution is 5.76. The Kier molecular flexibility index (Phi) is 5.81. The van der Waals surface area contributed by atoms with Crippen molar-refractivity contribution >= 4 is 5.91 Å². The first-order valence-electron chi connectivity index (χ1n) is 8.67. The van der Waals surface area contributed by atoms with Gasteiger partial charge in [0, 0.05) is 26.2 Å². The summed E-state index contributed by atoms with van der Waals surface area (Å²) < 4.78 is 18.6. The molecule has 2 aliphatic rings. The number of amides is 1. The zero-order valence-corrected chi connectivity index (χ0v) is 13.8. The molecule has 0 saturated carbocycles. The summed E-state index contributed by atoms with van der Waals surface area (Å²) >= 11 is 0. The summed E-state index contributed by atoms with van der Waals surface area (Å²) in [4.78, 5) is 14.2. The van der Waals surface area contributed by atoms with Crippen LogP contribution in [-0.2, 0) is 9.53 Å². The number of aliphatic hydroxyl groups is 1. The van der Waals surface area contributed by atoms with Crippen molar-refractivity contribution in [3.63, 3.8) is 0 Å². The first-order chi connectivity index (χ1) is 11.6. The van der Waals surface area contributed by atoms with Crippen LogP contribution in [0.15, 0.2) is 24.3 Å². The van der Waals surface area contributed by atoms with Gasteiger partial charge in [0.1, 0.15) is 5.82 Å².